The third-order valence-electron chi connectivity index (χ3n) is 3.11. The normalized spacial score (nSPS) is 10.3. The van der Waals surface area contributed by atoms with E-state index in [2.05, 4.69) is 15.0 Å². The fourth-order valence-corrected chi connectivity index (χ4v) is 1.92. The van der Waals surface area contributed by atoms with Crippen molar-refractivity contribution in [3.05, 3.63) is 53.1 Å². The number of rotatable bonds is 5. The van der Waals surface area contributed by atoms with Gasteiger partial charge in [0.05, 0.1) is 13.7 Å². The van der Waals surface area contributed by atoms with Crippen LogP contribution in [0.1, 0.15) is 21.6 Å². The number of esters is 1. The smallest absolute Gasteiger partial charge is 0.360 e. The molecule has 6 nitrogen and oxygen atoms in total. The van der Waals surface area contributed by atoms with Crippen molar-refractivity contribution in [2.45, 2.75) is 13.2 Å². The van der Waals surface area contributed by atoms with Gasteiger partial charge in [-0.3, -0.25) is 0 Å². The maximum atomic E-state index is 12.8. The van der Waals surface area contributed by atoms with E-state index in [0.717, 1.165) is 0 Å². The van der Waals surface area contributed by atoms with Gasteiger partial charge in [-0.2, -0.15) is 0 Å². The van der Waals surface area contributed by atoms with Gasteiger partial charge in [0.25, 0.3) is 0 Å². The van der Waals surface area contributed by atoms with Gasteiger partial charge in [0.15, 0.2) is 11.4 Å². The first kappa shape index (κ1) is 15.7. The van der Waals surface area contributed by atoms with Crippen LogP contribution in [0, 0.1) is 5.82 Å². The predicted octanol–water partition coefficient (Wildman–Crippen LogP) is 1.82. The molecule has 1 aromatic carbocycles. The molecule has 1 aromatic heterocycles. The minimum atomic E-state index is -0.787. The van der Waals surface area contributed by atoms with Crippen LogP contribution in [0.2, 0.25) is 0 Å². The lowest BCUT2D eigenvalue weighted by atomic mass is 10.1. The van der Waals surface area contributed by atoms with Gasteiger partial charge in [-0.15, -0.1) is 0 Å². The first-order valence-corrected chi connectivity index (χ1v) is 6.45. The number of hydrogen-bond donors (Lipinski definition) is 3. The minimum Gasteiger partial charge on any atom is -0.505 e. The topological polar surface area (TPSA) is 91.7 Å². The van der Waals surface area contributed by atoms with Crippen molar-refractivity contribution < 1.29 is 24.1 Å². The van der Waals surface area contributed by atoms with E-state index in [9.17, 15) is 19.4 Å². The zero-order valence-corrected chi connectivity index (χ0v) is 11.8. The number of methoxy groups -OCH3 is 1. The summed E-state index contributed by atoms with van der Waals surface area (Å²) in [7, 11) is 1.17. The molecule has 3 N–H and O–H groups in total. The summed E-state index contributed by atoms with van der Waals surface area (Å²) in [5, 5.41) is 22.4. The summed E-state index contributed by atoms with van der Waals surface area (Å²) in [4.78, 5) is 15.3. The highest BCUT2D eigenvalue weighted by Crippen LogP contribution is 2.25. The van der Waals surface area contributed by atoms with E-state index >= 15 is 0 Å². The summed E-state index contributed by atoms with van der Waals surface area (Å²) in [5.74, 6) is -1.54. The Balaban J connectivity index is 2.22. The van der Waals surface area contributed by atoms with Crippen LogP contribution in [0.5, 0.6) is 5.75 Å². The second-order valence-electron chi connectivity index (χ2n) is 4.47. The first-order chi connectivity index (χ1) is 10.6. The van der Waals surface area contributed by atoms with Crippen molar-refractivity contribution >= 4 is 11.7 Å². The van der Waals surface area contributed by atoms with Crippen molar-refractivity contribution in [3.63, 3.8) is 0 Å². The monoisotopic (exact) mass is 306 g/mol. The van der Waals surface area contributed by atoms with Gasteiger partial charge in [0, 0.05) is 24.0 Å². The van der Waals surface area contributed by atoms with Gasteiger partial charge in [-0.05, 0) is 29.8 Å². The van der Waals surface area contributed by atoms with E-state index in [4.69, 9.17) is 0 Å². The molecule has 0 aliphatic carbocycles. The predicted molar refractivity (Wildman–Crippen MR) is 76.9 cm³/mol. The number of pyridine rings is 1. The lowest BCUT2D eigenvalue weighted by Crippen LogP contribution is -2.10. The molecule has 0 fully saturated rings. The van der Waals surface area contributed by atoms with Crippen molar-refractivity contribution in [1.29, 1.82) is 0 Å². The lowest BCUT2D eigenvalue weighted by molar-refractivity contribution is 0.0590. The molecule has 0 amide bonds. The molecule has 7 heteroatoms. The van der Waals surface area contributed by atoms with Gasteiger partial charge >= 0.3 is 5.97 Å². The van der Waals surface area contributed by atoms with Crippen LogP contribution in [0.25, 0.3) is 0 Å². The number of aliphatic hydroxyl groups is 1. The molecule has 0 aliphatic heterocycles. The number of halogens is 1. The van der Waals surface area contributed by atoms with E-state index in [1.165, 1.54) is 25.4 Å². The quantitative estimate of drug-likeness (QED) is 0.730. The first-order valence-electron chi connectivity index (χ1n) is 6.45. The summed E-state index contributed by atoms with van der Waals surface area (Å²) in [6, 6.07) is 5.74. The Bertz CT molecular complexity index is 674. The molecular formula is C15H15FN2O4. The molecule has 0 unspecified atom stereocenters. The van der Waals surface area contributed by atoms with E-state index in [1.54, 1.807) is 12.1 Å². The number of carbonyl (C=O) groups excluding carboxylic acids is 1. The SMILES string of the molecule is COC(=O)c1ncc(CNc2ccc(F)cc2)c(CO)c1O. The number of hydrogen-bond acceptors (Lipinski definition) is 6. The highest BCUT2D eigenvalue weighted by atomic mass is 19.1. The fraction of sp³-hybridized carbons (Fsp3) is 0.200. The molecule has 116 valence electrons. The molecule has 1 heterocycles. The second kappa shape index (κ2) is 6.86. The maximum absolute atomic E-state index is 12.8. The van der Waals surface area contributed by atoms with Crippen LogP contribution >= 0.6 is 0 Å². The van der Waals surface area contributed by atoms with E-state index in [0.29, 0.717) is 11.3 Å². The van der Waals surface area contributed by atoms with E-state index in [1.807, 2.05) is 0 Å². The summed E-state index contributed by atoms with van der Waals surface area (Å²) in [6.45, 7) is -0.220. The summed E-state index contributed by atoms with van der Waals surface area (Å²) >= 11 is 0. The Morgan fingerprint density at radius 1 is 1.36 bits per heavy atom. The van der Waals surface area contributed by atoms with Crippen LogP contribution in [0.3, 0.4) is 0 Å². The van der Waals surface area contributed by atoms with Crippen LogP contribution in [-0.4, -0.2) is 28.3 Å². The third-order valence-corrected chi connectivity index (χ3v) is 3.11. The molecule has 2 rings (SSSR count). The highest BCUT2D eigenvalue weighted by molar-refractivity contribution is 5.90. The molecule has 0 saturated heterocycles. The minimum absolute atomic E-state index is 0.185. The molecule has 22 heavy (non-hydrogen) atoms. The Hall–Kier alpha value is -2.67. The highest BCUT2D eigenvalue weighted by Gasteiger charge is 2.19. The average Bonchev–Trinajstić information content (AvgIpc) is 2.53. The number of aromatic hydroxyl groups is 1. The number of benzene rings is 1. The fourth-order valence-electron chi connectivity index (χ4n) is 1.92. The third kappa shape index (κ3) is 3.32. The van der Waals surface area contributed by atoms with Gasteiger partial charge in [-0.1, -0.05) is 0 Å². The summed E-state index contributed by atoms with van der Waals surface area (Å²) < 4.78 is 17.3. The maximum Gasteiger partial charge on any atom is 0.360 e. The number of ether oxygens (including phenoxy) is 1. The molecule has 0 atom stereocenters. The van der Waals surface area contributed by atoms with Crippen LogP contribution in [-0.2, 0) is 17.9 Å². The van der Waals surface area contributed by atoms with Gasteiger partial charge in [0.2, 0.25) is 0 Å². The lowest BCUT2D eigenvalue weighted by Gasteiger charge is -2.13. The number of aromatic nitrogens is 1. The van der Waals surface area contributed by atoms with Crippen molar-refractivity contribution in [1.82, 2.24) is 4.98 Å². The number of nitrogens with zero attached hydrogens (tertiary/aromatic N) is 1. The van der Waals surface area contributed by atoms with E-state index < -0.39 is 18.3 Å². The van der Waals surface area contributed by atoms with E-state index in [-0.39, 0.29) is 23.6 Å². The largest absolute Gasteiger partial charge is 0.505 e. The molecule has 0 spiro atoms. The number of carbonyl (C=O) groups is 1. The molecule has 0 bridgehead atoms. The standard InChI is InChI=1S/C15H15FN2O4/c1-22-15(21)13-14(20)12(8-19)9(7-18-13)6-17-11-4-2-10(16)3-5-11/h2-5,7,17,19-20H,6,8H2,1H3. The van der Waals surface area contributed by atoms with Crippen molar-refractivity contribution in [3.8, 4) is 5.75 Å². The van der Waals surface area contributed by atoms with Gasteiger partial charge in [0.1, 0.15) is 5.82 Å². The van der Waals surface area contributed by atoms with Crippen LogP contribution in [0.15, 0.2) is 30.5 Å². The zero-order valence-electron chi connectivity index (χ0n) is 11.8. The molecular weight excluding hydrogens is 291 g/mol. The molecule has 0 saturated carbocycles. The summed E-state index contributed by atoms with van der Waals surface area (Å²) in [5.41, 5.74) is 1.11. The van der Waals surface area contributed by atoms with Crippen LogP contribution in [0.4, 0.5) is 10.1 Å². The number of nitrogens with one attached hydrogen (secondary N) is 1. The average molecular weight is 306 g/mol. The second-order valence-corrected chi connectivity index (χ2v) is 4.47. The molecule has 0 aliphatic rings. The van der Waals surface area contributed by atoms with Crippen LogP contribution < -0.4 is 5.32 Å². The Morgan fingerprint density at radius 3 is 2.64 bits per heavy atom. The Labute approximate surface area is 126 Å². The van der Waals surface area contributed by atoms with Gasteiger partial charge < -0.3 is 20.3 Å². The zero-order chi connectivity index (χ0) is 16.1. The molecule has 0 radical (unpaired) electrons. The van der Waals surface area contributed by atoms with Crippen molar-refractivity contribution in [2.24, 2.45) is 0 Å². The number of aliphatic hydroxyl groups excluding tert-OH is 1. The molecule has 2 aromatic rings. The van der Waals surface area contributed by atoms with Gasteiger partial charge in [-0.25, -0.2) is 14.2 Å². The van der Waals surface area contributed by atoms with Crippen molar-refractivity contribution in [2.75, 3.05) is 12.4 Å². The summed E-state index contributed by atoms with van der Waals surface area (Å²) in [6.07, 6.45) is 1.37. The Morgan fingerprint density at radius 2 is 2.05 bits per heavy atom. The Kier molecular flexibility index (Phi) is 4.90. The number of anilines is 1.